The molecule has 0 saturated carbocycles. The highest BCUT2D eigenvalue weighted by Crippen LogP contribution is 2.17. The third-order valence-electron chi connectivity index (χ3n) is 3.84. The van der Waals surface area contributed by atoms with Crippen molar-refractivity contribution >= 4 is 32.8 Å². The first-order chi connectivity index (χ1) is 13.9. The van der Waals surface area contributed by atoms with Crippen LogP contribution in [0.3, 0.4) is 0 Å². The second-order valence-electron chi connectivity index (χ2n) is 6.23. The summed E-state index contributed by atoms with van der Waals surface area (Å²) in [5, 5.41) is 4.93. The fourth-order valence-corrected chi connectivity index (χ4v) is 4.50. The largest absolute Gasteiger partial charge is 0.486 e. The monoisotopic (exact) mass is 434 g/mol. The van der Waals surface area contributed by atoms with E-state index >= 15 is 0 Å². The Labute approximate surface area is 172 Å². The van der Waals surface area contributed by atoms with E-state index in [1.807, 2.05) is 6.07 Å². The molecule has 0 atom stereocenters. The molecular weight excluding hydrogens is 415 g/mol. The molecule has 1 N–H and O–H groups in total. The van der Waals surface area contributed by atoms with Gasteiger partial charge >= 0.3 is 0 Å². The van der Waals surface area contributed by atoms with Gasteiger partial charge in [0.2, 0.25) is 5.91 Å². The van der Waals surface area contributed by atoms with Crippen molar-refractivity contribution in [3.8, 4) is 5.75 Å². The van der Waals surface area contributed by atoms with Crippen LogP contribution in [0.5, 0.6) is 5.75 Å². The minimum atomic E-state index is -3.48. The summed E-state index contributed by atoms with van der Waals surface area (Å²) in [5.74, 6) is -0.702. The van der Waals surface area contributed by atoms with Crippen LogP contribution in [0.15, 0.2) is 60.0 Å². The molecule has 0 unspecified atom stereocenters. The predicted molar refractivity (Wildman–Crippen MR) is 110 cm³/mol. The normalized spacial score (nSPS) is 11.2. The topological polar surface area (TPSA) is 85.4 Å². The zero-order valence-electron chi connectivity index (χ0n) is 15.4. The Kier molecular flexibility index (Phi) is 6.95. The van der Waals surface area contributed by atoms with Crippen LogP contribution >= 0.6 is 11.3 Å². The van der Waals surface area contributed by atoms with Crippen molar-refractivity contribution in [2.24, 2.45) is 0 Å². The molecule has 0 aliphatic heterocycles. The highest BCUT2D eigenvalue weighted by Gasteiger charge is 2.17. The summed E-state index contributed by atoms with van der Waals surface area (Å²) >= 11 is 1.28. The lowest BCUT2D eigenvalue weighted by atomic mass is 10.3. The molecule has 9 heteroatoms. The minimum Gasteiger partial charge on any atom is -0.486 e. The van der Waals surface area contributed by atoms with E-state index in [1.54, 1.807) is 29.6 Å². The molecule has 1 aromatic heterocycles. The van der Waals surface area contributed by atoms with Gasteiger partial charge in [-0.2, -0.15) is 0 Å². The maximum absolute atomic E-state index is 12.9. The smallest absolute Gasteiger partial charge is 0.225 e. The third-order valence-corrected chi connectivity index (χ3v) is 6.27. The number of carbonyl (C=O) groups is 1. The Morgan fingerprint density at radius 1 is 1.10 bits per heavy atom. The van der Waals surface area contributed by atoms with Crippen molar-refractivity contribution < 1.29 is 22.3 Å². The van der Waals surface area contributed by atoms with Gasteiger partial charge in [-0.25, -0.2) is 17.8 Å². The van der Waals surface area contributed by atoms with Crippen LogP contribution in [0.4, 0.5) is 10.1 Å². The van der Waals surface area contributed by atoms with E-state index in [9.17, 15) is 17.6 Å². The van der Waals surface area contributed by atoms with Crippen molar-refractivity contribution in [3.05, 3.63) is 76.5 Å². The van der Waals surface area contributed by atoms with Gasteiger partial charge in [0, 0.05) is 17.5 Å². The molecule has 0 fully saturated rings. The number of para-hydroxylation sites is 1. The number of nitrogens with zero attached hydrogens (tertiary/aromatic N) is 1. The van der Waals surface area contributed by atoms with E-state index in [1.165, 1.54) is 35.6 Å². The SMILES string of the molecule is O=C(CCS(=O)(=O)Cc1csc(COc2ccc(F)cc2)n1)Nc1ccccc1. The zero-order chi connectivity index (χ0) is 20.7. The summed E-state index contributed by atoms with van der Waals surface area (Å²) in [6, 6.07) is 14.5. The fraction of sp³-hybridized carbons (Fsp3) is 0.200. The second kappa shape index (κ2) is 9.62. The van der Waals surface area contributed by atoms with Gasteiger partial charge in [0.1, 0.15) is 23.2 Å². The van der Waals surface area contributed by atoms with Crippen molar-refractivity contribution in [3.63, 3.8) is 0 Å². The van der Waals surface area contributed by atoms with Crippen molar-refractivity contribution in [2.75, 3.05) is 11.1 Å². The Morgan fingerprint density at radius 2 is 1.83 bits per heavy atom. The first-order valence-corrected chi connectivity index (χ1v) is 11.5. The molecule has 1 amide bonds. The molecule has 6 nitrogen and oxygen atoms in total. The number of benzene rings is 2. The molecule has 0 bridgehead atoms. The molecular formula is C20H19FN2O4S2. The highest BCUT2D eigenvalue weighted by molar-refractivity contribution is 7.90. The average Bonchev–Trinajstić information content (AvgIpc) is 3.13. The van der Waals surface area contributed by atoms with E-state index in [0.29, 0.717) is 22.1 Å². The third kappa shape index (κ3) is 6.95. The molecule has 0 radical (unpaired) electrons. The lowest BCUT2D eigenvalue weighted by molar-refractivity contribution is -0.115. The standard InChI is InChI=1S/C20H19FN2O4S2/c21-15-6-8-18(9-7-15)27-12-20-23-17(13-28-20)14-29(25,26)11-10-19(24)22-16-4-2-1-3-5-16/h1-9,13H,10-12,14H2,(H,22,24). The molecule has 3 rings (SSSR count). The summed E-state index contributed by atoms with van der Waals surface area (Å²) in [6.07, 6.45) is -0.123. The van der Waals surface area contributed by atoms with E-state index in [-0.39, 0.29) is 36.3 Å². The van der Waals surface area contributed by atoms with Crippen LogP contribution in [0.2, 0.25) is 0 Å². The lowest BCUT2D eigenvalue weighted by Crippen LogP contribution is -2.18. The molecule has 0 saturated heterocycles. The van der Waals surface area contributed by atoms with Gasteiger partial charge in [-0.3, -0.25) is 4.79 Å². The van der Waals surface area contributed by atoms with Crippen molar-refractivity contribution in [2.45, 2.75) is 18.8 Å². The molecule has 0 spiro atoms. The van der Waals surface area contributed by atoms with Gasteiger partial charge in [-0.15, -0.1) is 11.3 Å². The average molecular weight is 435 g/mol. The lowest BCUT2D eigenvalue weighted by Gasteiger charge is -2.05. The summed E-state index contributed by atoms with van der Waals surface area (Å²) in [7, 11) is -3.48. The van der Waals surface area contributed by atoms with Crippen LogP contribution in [-0.2, 0) is 27.0 Å². The van der Waals surface area contributed by atoms with Gasteiger partial charge in [0.25, 0.3) is 0 Å². The van der Waals surface area contributed by atoms with Gasteiger partial charge < -0.3 is 10.1 Å². The Morgan fingerprint density at radius 3 is 2.55 bits per heavy atom. The summed E-state index contributed by atoms with van der Waals surface area (Å²) in [6.45, 7) is 0.163. The van der Waals surface area contributed by atoms with Crippen LogP contribution in [0, 0.1) is 5.82 Å². The number of rotatable bonds is 9. The number of carbonyl (C=O) groups excluding carboxylic acids is 1. The maximum Gasteiger partial charge on any atom is 0.225 e. The minimum absolute atomic E-state index is 0.123. The zero-order valence-corrected chi connectivity index (χ0v) is 17.0. The van der Waals surface area contributed by atoms with E-state index in [4.69, 9.17) is 4.74 Å². The first kappa shape index (κ1) is 20.9. The number of ether oxygens (including phenoxy) is 1. The molecule has 152 valence electrons. The summed E-state index contributed by atoms with van der Waals surface area (Å²) < 4.78 is 43.0. The van der Waals surface area contributed by atoms with E-state index < -0.39 is 9.84 Å². The van der Waals surface area contributed by atoms with Crippen LogP contribution in [-0.4, -0.2) is 25.1 Å². The number of amides is 1. The van der Waals surface area contributed by atoms with Gasteiger partial charge in [0.05, 0.1) is 17.2 Å². The van der Waals surface area contributed by atoms with Gasteiger partial charge in [-0.05, 0) is 36.4 Å². The molecule has 1 heterocycles. The van der Waals surface area contributed by atoms with Crippen molar-refractivity contribution in [1.82, 2.24) is 4.98 Å². The highest BCUT2D eigenvalue weighted by atomic mass is 32.2. The number of sulfone groups is 1. The van der Waals surface area contributed by atoms with Gasteiger partial charge in [0.15, 0.2) is 9.84 Å². The molecule has 2 aromatic carbocycles. The molecule has 0 aliphatic carbocycles. The number of anilines is 1. The number of halogens is 1. The first-order valence-electron chi connectivity index (χ1n) is 8.77. The number of hydrogen-bond donors (Lipinski definition) is 1. The maximum atomic E-state index is 12.9. The Balaban J connectivity index is 1.47. The summed E-state index contributed by atoms with van der Waals surface area (Å²) in [5.41, 5.74) is 1.04. The molecule has 3 aromatic rings. The Hall–Kier alpha value is -2.78. The number of aromatic nitrogens is 1. The molecule has 29 heavy (non-hydrogen) atoms. The van der Waals surface area contributed by atoms with Crippen LogP contribution < -0.4 is 10.1 Å². The Bertz CT molecular complexity index is 1050. The van der Waals surface area contributed by atoms with Crippen LogP contribution in [0.25, 0.3) is 0 Å². The number of hydrogen-bond acceptors (Lipinski definition) is 6. The van der Waals surface area contributed by atoms with Crippen LogP contribution in [0.1, 0.15) is 17.1 Å². The number of thiazole rings is 1. The van der Waals surface area contributed by atoms with E-state index in [2.05, 4.69) is 10.3 Å². The quantitative estimate of drug-likeness (QED) is 0.554. The molecule has 0 aliphatic rings. The van der Waals surface area contributed by atoms with Gasteiger partial charge in [-0.1, -0.05) is 18.2 Å². The van der Waals surface area contributed by atoms with Crippen molar-refractivity contribution in [1.29, 1.82) is 0 Å². The second-order valence-corrected chi connectivity index (χ2v) is 9.36. The fourth-order valence-electron chi connectivity index (χ4n) is 2.45. The predicted octanol–water partition coefficient (Wildman–Crippen LogP) is 3.80. The summed E-state index contributed by atoms with van der Waals surface area (Å²) in [4.78, 5) is 16.2. The van der Waals surface area contributed by atoms with E-state index in [0.717, 1.165) is 0 Å². The number of nitrogens with one attached hydrogen (secondary N) is 1.